The van der Waals surface area contributed by atoms with Crippen molar-refractivity contribution in [1.82, 2.24) is 0 Å². The first-order valence-electron chi connectivity index (χ1n) is 5.53. The second-order valence-corrected chi connectivity index (χ2v) is 5.80. The van der Waals surface area contributed by atoms with Crippen LogP contribution in [0.4, 0.5) is 15.8 Å². The Labute approximate surface area is 111 Å². The molecule has 0 heterocycles. The second-order valence-electron chi connectivity index (χ2n) is 4.14. The topological polar surface area (TPSA) is 72.2 Å². The molecule has 2 aromatic carbocycles. The van der Waals surface area contributed by atoms with Gasteiger partial charge in [-0.1, -0.05) is 18.2 Å². The van der Waals surface area contributed by atoms with Gasteiger partial charge >= 0.3 is 0 Å². The van der Waals surface area contributed by atoms with E-state index in [9.17, 15) is 12.8 Å². The molecule has 0 fully saturated rings. The van der Waals surface area contributed by atoms with Crippen LogP contribution < -0.4 is 10.5 Å². The van der Waals surface area contributed by atoms with Crippen molar-refractivity contribution >= 4 is 21.4 Å². The van der Waals surface area contributed by atoms with Crippen LogP contribution in [0.25, 0.3) is 0 Å². The van der Waals surface area contributed by atoms with Crippen molar-refractivity contribution in [2.45, 2.75) is 11.8 Å². The summed E-state index contributed by atoms with van der Waals surface area (Å²) in [5, 5.41) is 0. The van der Waals surface area contributed by atoms with Gasteiger partial charge in [-0.05, 0) is 36.8 Å². The van der Waals surface area contributed by atoms with E-state index in [2.05, 4.69) is 4.72 Å². The number of nitrogens with two attached hydrogens (primary N) is 1. The zero-order valence-electron chi connectivity index (χ0n) is 10.2. The van der Waals surface area contributed by atoms with Crippen LogP contribution in [0, 0.1) is 12.7 Å². The zero-order chi connectivity index (χ0) is 14.0. The van der Waals surface area contributed by atoms with E-state index >= 15 is 0 Å². The molecule has 0 bridgehead atoms. The molecule has 0 unspecified atom stereocenters. The Bertz CT molecular complexity index is 694. The molecular formula is C13H13FN2O2S. The largest absolute Gasteiger partial charge is 0.399 e. The number of benzene rings is 2. The monoisotopic (exact) mass is 280 g/mol. The average Bonchev–Trinajstić information content (AvgIpc) is 2.26. The van der Waals surface area contributed by atoms with Gasteiger partial charge in [-0.2, -0.15) is 0 Å². The zero-order valence-corrected chi connectivity index (χ0v) is 11.0. The molecule has 2 aromatic rings. The van der Waals surface area contributed by atoms with Crippen molar-refractivity contribution in [3.63, 3.8) is 0 Å². The molecule has 0 aliphatic carbocycles. The summed E-state index contributed by atoms with van der Waals surface area (Å²) in [6.45, 7) is 1.69. The van der Waals surface area contributed by atoms with Gasteiger partial charge in [0.1, 0.15) is 5.82 Å². The Morgan fingerprint density at radius 1 is 1.16 bits per heavy atom. The highest BCUT2D eigenvalue weighted by Gasteiger charge is 2.16. The van der Waals surface area contributed by atoms with E-state index < -0.39 is 15.8 Å². The van der Waals surface area contributed by atoms with Crippen LogP contribution in [0.3, 0.4) is 0 Å². The minimum absolute atomic E-state index is 0.0979. The third kappa shape index (κ3) is 3.03. The molecule has 100 valence electrons. The lowest BCUT2D eigenvalue weighted by atomic mass is 10.2. The molecule has 0 radical (unpaired) electrons. The molecule has 0 spiro atoms. The molecule has 3 N–H and O–H groups in total. The van der Waals surface area contributed by atoms with E-state index in [-0.39, 0.29) is 16.3 Å². The molecular weight excluding hydrogens is 267 g/mol. The van der Waals surface area contributed by atoms with Crippen LogP contribution in [0.15, 0.2) is 47.4 Å². The van der Waals surface area contributed by atoms with Crippen molar-refractivity contribution in [2.75, 3.05) is 10.5 Å². The number of hydrogen-bond donors (Lipinski definition) is 2. The van der Waals surface area contributed by atoms with Crippen molar-refractivity contribution in [3.05, 3.63) is 53.8 Å². The number of nitrogen functional groups attached to an aromatic ring is 1. The second kappa shape index (κ2) is 4.89. The number of sulfonamides is 1. The van der Waals surface area contributed by atoms with Gasteiger partial charge in [0, 0.05) is 5.69 Å². The highest BCUT2D eigenvalue weighted by Crippen LogP contribution is 2.21. The number of hydrogen-bond acceptors (Lipinski definition) is 3. The Balaban J connectivity index is 2.39. The van der Waals surface area contributed by atoms with Crippen molar-refractivity contribution in [3.8, 4) is 0 Å². The number of rotatable bonds is 3. The van der Waals surface area contributed by atoms with Gasteiger partial charge in [0.2, 0.25) is 0 Å². The van der Waals surface area contributed by atoms with E-state index in [1.54, 1.807) is 25.1 Å². The molecule has 0 aliphatic rings. The summed E-state index contributed by atoms with van der Waals surface area (Å²) < 4.78 is 39.8. The summed E-state index contributed by atoms with van der Waals surface area (Å²) in [6.07, 6.45) is 0. The van der Waals surface area contributed by atoms with Crippen LogP contribution in [0.1, 0.15) is 5.56 Å². The Hall–Kier alpha value is -2.08. The van der Waals surface area contributed by atoms with Crippen LogP contribution in [-0.2, 0) is 10.0 Å². The summed E-state index contributed by atoms with van der Waals surface area (Å²) in [4.78, 5) is 0.151. The van der Waals surface area contributed by atoms with Gasteiger partial charge < -0.3 is 5.73 Å². The van der Waals surface area contributed by atoms with Gasteiger partial charge in [-0.15, -0.1) is 0 Å². The number of halogens is 1. The SMILES string of the molecule is Cc1ccccc1S(=O)(=O)Nc1cc(N)cc(F)c1. The molecule has 0 saturated carbocycles. The summed E-state index contributed by atoms with van der Waals surface area (Å²) in [5.41, 5.74) is 6.34. The minimum Gasteiger partial charge on any atom is -0.399 e. The van der Waals surface area contributed by atoms with E-state index in [0.717, 1.165) is 12.1 Å². The fourth-order valence-corrected chi connectivity index (χ4v) is 3.03. The molecule has 0 amide bonds. The van der Waals surface area contributed by atoms with Gasteiger partial charge in [-0.25, -0.2) is 12.8 Å². The maximum Gasteiger partial charge on any atom is 0.262 e. The standard InChI is InChI=1S/C13H13FN2O2S/c1-9-4-2-3-5-13(9)19(17,18)16-12-7-10(14)6-11(15)8-12/h2-8,16H,15H2,1H3. The first-order valence-corrected chi connectivity index (χ1v) is 7.01. The quantitative estimate of drug-likeness (QED) is 0.848. The normalized spacial score (nSPS) is 11.3. The lowest BCUT2D eigenvalue weighted by Gasteiger charge is -2.10. The molecule has 6 heteroatoms. The Morgan fingerprint density at radius 2 is 1.84 bits per heavy atom. The van der Waals surface area contributed by atoms with Crippen molar-refractivity contribution in [2.24, 2.45) is 0 Å². The minimum atomic E-state index is -3.75. The average molecular weight is 280 g/mol. The Kier molecular flexibility index (Phi) is 3.44. The number of aryl methyl sites for hydroxylation is 1. The maximum atomic E-state index is 13.2. The molecule has 2 rings (SSSR count). The fraction of sp³-hybridized carbons (Fsp3) is 0.0769. The third-order valence-corrected chi connectivity index (χ3v) is 4.10. The highest BCUT2D eigenvalue weighted by molar-refractivity contribution is 7.92. The summed E-state index contributed by atoms with van der Waals surface area (Å²) >= 11 is 0. The predicted octanol–water partition coefficient (Wildman–Crippen LogP) is 2.52. The van der Waals surface area contributed by atoms with E-state index in [1.807, 2.05) is 0 Å². The predicted molar refractivity (Wildman–Crippen MR) is 72.8 cm³/mol. The number of anilines is 2. The lowest BCUT2D eigenvalue weighted by molar-refractivity contribution is 0.600. The van der Waals surface area contributed by atoms with Gasteiger partial charge in [0.25, 0.3) is 10.0 Å². The van der Waals surface area contributed by atoms with Crippen LogP contribution in [-0.4, -0.2) is 8.42 Å². The Morgan fingerprint density at radius 3 is 2.47 bits per heavy atom. The molecule has 0 saturated heterocycles. The van der Waals surface area contributed by atoms with Gasteiger partial charge in [-0.3, -0.25) is 4.72 Å². The van der Waals surface area contributed by atoms with Crippen molar-refractivity contribution in [1.29, 1.82) is 0 Å². The summed E-state index contributed by atoms with van der Waals surface area (Å²) in [7, 11) is -3.75. The maximum absolute atomic E-state index is 13.2. The smallest absolute Gasteiger partial charge is 0.262 e. The molecule has 0 atom stereocenters. The fourth-order valence-electron chi connectivity index (χ4n) is 1.74. The molecule has 0 aromatic heterocycles. The highest BCUT2D eigenvalue weighted by atomic mass is 32.2. The molecule has 0 aliphatic heterocycles. The van der Waals surface area contributed by atoms with Gasteiger partial charge in [0.15, 0.2) is 0 Å². The lowest BCUT2D eigenvalue weighted by Crippen LogP contribution is -2.14. The number of nitrogens with one attached hydrogen (secondary N) is 1. The van der Waals surface area contributed by atoms with Crippen LogP contribution in [0.2, 0.25) is 0 Å². The third-order valence-electron chi connectivity index (χ3n) is 2.56. The van der Waals surface area contributed by atoms with E-state index in [1.165, 1.54) is 12.1 Å². The first-order chi connectivity index (χ1) is 8.88. The van der Waals surface area contributed by atoms with Crippen molar-refractivity contribution < 1.29 is 12.8 Å². The first kappa shape index (κ1) is 13.4. The van der Waals surface area contributed by atoms with E-state index in [0.29, 0.717) is 5.56 Å². The summed E-state index contributed by atoms with van der Waals surface area (Å²) in [6, 6.07) is 10.1. The van der Waals surface area contributed by atoms with E-state index in [4.69, 9.17) is 5.73 Å². The summed E-state index contributed by atoms with van der Waals surface area (Å²) in [5.74, 6) is -0.595. The van der Waals surface area contributed by atoms with Crippen LogP contribution >= 0.6 is 0 Å². The molecule has 19 heavy (non-hydrogen) atoms. The van der Waals surface area contributed by atoms with Crippen LogP contribution in [0.5, 0.6) is 0 Å². The molecule has 4 nitrogen and oxygen atoms in total. The van der Waals surface area contributed by atoms with Gasteiger partial charge in [0.05, 0.1) is 10.6 Å².